The van der Waals surface area contributed by atoms with Gasteiger partial charge >= 0.3 is 0 Å². The Morgan fingerprint density at radius 3 is 2.70 bits per heavy atom. The van der Waals surface area contributed by atoms with E-state index >= 15 is 0 Å². The van der Waals surface area contributed by atoms with Crippen LogP contribution in [0.15, 0.2) is 65.5 Å². The van der Waals surface area contributed by atoms with E-state index in [2.05, 4.69) is 4.98 Å². The highest BCUT2D eigenvalue weighted by molar-refractivity contribution is 6.30. The van der Waals surface area contributed by atoms with Crippen molar-refractivity contribution in [3.05, 3.63) is 93.2 Å². The van der Waals surface area contributed by atoms with Gasteiger partial charge in [0, 0.05) is 0 Å². The lowest BCUT2D eigenvalue weighted by Crippen LogP contribution is -2.22. The fourth-order valence-corrected chi connectivity index (χ4v) is 3.50. The zero-order valence-electron chi connectivity index (χ0n) is 15.5. The lowest BCUT2D eigenvalue weighted by Gasteiger charge is -2.12. The number of para-hydroxylation sites is 1. The van der Waals surface area contributed by atoms with Crippen LogP contribution in [0.5, 0.6) is 11.5 Å². The molecule has 0 saturated heterocycles. The standard InChI is InChI=1S/C23H14ClFN2O3/c24-17-12-15(7-8-18(17)25)27-22(26-19-4-2-1-3-16(19)23(27)28)10-6-14-5-9-20-21(11-14)30-13-29-20/h1-12H,13H2/b10-6+. The summed E-state index contributed by atoms with van der Waals surface area (Å²) in [5.74, 6) is 1.18. The summed E-state index contributed by atoms with van der Waals surface area (Å²) >= 11 is 5.96. The maximum atomic E-state index is 13.7. The molecule has 0 radical (unpaired) electrons. The maximum Gasteiger partial charge on any atom is 0.266 e. The second kappa shape index (κ2) is 7.31. The van der Waals surface area contributed by atoms with Crippen LogP contribution in [0.4, 0.5) is 4.39 Å². The Bertz CT molecular complexity index is 1380. The summed E-state index contributed by atoms with van der Waals surface area (Å²) in [6.45, 7) is 0.194. The van der Waals surface area contributed by atoms with Crippen molar-refractivity contribution in [2.45, 2.75) is 0 Å². The summed E-state index contributed by atoms with van der Waals surface area (Å²) in [4.78, 5) is 17.9. The number of fused-ring (bicyclic) bond motifs is 2. The van der Waals surface area contributed by atoms with Crippen LogP contribution in [-0.4, -0.2) is 16.3 Å². The van der Waals surface area contributed by atoms with Crippen LogP contribution in [0, 0.1) is 5.82 Å². The Balaban J connectivity index is 1.68. The van der Waals surface area contributed by atoms with Gasteiger partial charge in [0.25, 0.3) is 5.56 Å². The van der Waals surface area contributed by atoms with Crippen LogP contribution in [0.25, 0.3) is 28.7 Å². The SMILES string of the molecule is O=c1c2ccccc2nc(/C=C/c2ccc3c(c2)OCO3)n1-c1ccc(F)c(Cl)c1. The quantitative estimate of drug-likeness (QED) is 0.464. The number of rotatable bonds is 3. The molecule has 1 aromatic heterocycles. The first-order valence-corrected chi connectivity index (χ1v) is 9.53. The van der Waals surface area contributed by atoms with Gasteiger partial charge in [-0.1, -0.05) is 35.9 Å². The number of ether oxygens (including phenoxy) is 2. The molecule has 5 nitrogen and oxygen atoms in total. The lowest BCUT2D eigenvalue weighted by molar-refractivity contribution is 0.174. The average Bonchev–Trinajstić information content (AvgIpc) is 3.22. The monoisotopic (exact) mass is 420 g/mol. The summed E-state index contributed by atoms with van der Waals surface area (Å²) in [6, 6.07) is 16.7. The Hall–Kier alpha value is -3.64. The predicted molar refractivity (Wildman–Crippen MR) is 114 cm³/mol. The molecule has 7 heteroatoms. The third-order valence-corrected chi connectivity index (χ3v) is 5.07. The molecule has 0 fully saturated rings. The van der Waals surface area contributed by atoms with Crippen LogP contribution in [0.2, 0.25) is 5.02 Å². The molecule has 4 aromatic rings. The molecule has 2 heterocycles. The molecule has 0 spiro atoms. The molecule has 0 amide bonds. The van der Waals surface area contributed by atoms with Gasteiger partial charge in [0.15, 0.2) is 11.5 Å². The highest BCUT2D eigenvalue weighted by atomic mass is 35.5. The van der Waals surface area contributed by atoms with Gasteiger partial charge in [-0.3, -0.25) is 9.36 Å². The third kappa shape index (κ3) is 3.21. The van der Waals surface area contributed by atoms with Gasteiger partial charge in [0.2, 0.25) is 6.79 Å². The minimum Gasteiger partial charge on any atom is -0.454 e. The van der Waals surface area contributed by atoms with Crippen LogP contribution in [0.3, 0.4) is 0 Å². The van der Waals surface area contributed by atoms with Crippen molar-refractivity contribution >= 4 is 34.7 Å². The van der Waals surface area contributed by atoms with E-state index in [1.807, 2.05) is 30.3 Å². The highest BCUT2D eigenvalue weighted by Crippen LogP contribution is 2.33. The molecule has 0 unspecified atom stereocenters. The number of hydrogen-bond acceptors (Lipinski definition) is 4. The zero-order chi connectivity index (χ0) is 20.7. The van der Waals surface area contributed by atoms with Gasteiger partial charge in [-0.05, 0) is 54.1 Å². The Morgan fingerprint density at radius 2 is 1.83 bits per heavy atom. The summed E-state index contributed by atoms with van der Waals surface area (Å²) in [6.07, 6.45) is 3.54. The molecule has 0 aliphatic carbocycles. The number of hydrogen-bond donors (Lipinski definition) is 0. The van der Waals surface area contributed by atoms with Gasteiger partial charge in [-0.15, -0.1) is 0 Å². The number of aromatic nitrogens is 2. The minimum absolute atomic E-state index is 0.0711. The van der Waals surface area contributed by atoms with Crippen LogP contribution in [-0.2, 0) is 0 Å². The molecule has 0 N–H and O–H groups in total. The highest BCUT2D eigenvalue weighted by Gasteiger charge is 2.14. The average molecular weight is 421 g/mol. The molecule has 1 aliphatic rings. The van der Waals surface area contributed by atoms with E-state index in [1.54, 1.807) is 24.3 Å². The smallest absolute Gasteiger partial charge is 0.266 e. The normalized spacial score (nSPS) is 12.7. The number of benzene rings is 3. The van der Waals surface area contributed by atoms with E-state index in [4.69, 9.17) is 21.1 Å². The second-order valence-electron chi connectivity index (χ2n) is 6.67. The largest absolute Gasteiger partial charge is 0.454 e. The zero-order valence-corrected chi connectivity index (χ0v) is 16.3. The molecular weight excluding hydrogens is 407 g/mol. The van der Waals surface area contributed by atoms with E-state index in [0.717, 1.165) is 5.56 Å². The minimum atomic E-state index is -0.556. The van der Waals surface area contributed by atoms with E-state index in [0.29, 0.717) is 33.9 Å². The molecule has 3 aromatic carbocycles. The first-order valence-electron chi connectivity index (χ1n) is 9.15. The van der Waals surface area contributed by atoms with Crippen LogP contribution < -0.4 is 15.0 Å². The predicted octanol–water partition coefficient (Wildman–Crippen LogP) is 5.08. The van der Waals surface area contributed by atoms with Crippen molar-refractivity contribution in [1.82, 2.24) is 9.55 Å². The fraction of sp³-hybridized carbons (Fsp3) is 0.0435. The van der Waals surface area contributed by atoms with Crippen LogP contribution in [0.1, 0.15) is 11.4 Å². The summed E-state index contributed by atoms with van der Waals surface area (Å²) < 4.78 is 25.8. The molecule has 30 heavy (non-hydrogen) atoms. The topological polar surface area (TPSA) is 53.4 Å². The van der Waals surface area contributed by atoms with Crippen molar-refractivity contribution in [2.24, 2.45) is 0 Å². The van der Waals surface area contributed by atoms with E-state index in [-0.39, 0.29) is 17.4 Å². The van der Waals surface area contributed by atoms with Gasteiger partial charge < -0.3 is 9.47 Å². The van der Waals surface area contributed by atoms with Gasteiger partial charge in [-0.25, -0.2) is 9.37 Å². The number of nitrogens with zero attached hydrogens (tertiary/aromatic N) is 2. The molecule has 1 aliphatic heterocycles. The van der Waals surface area contributed by atoms with Gasteiger partial charge in [-0.2, -0.15) is 0 Å². The van der Waals surface area contributed by atoms with Crippen molar-refractivity contribution in [1.29, 1.82) is 0 Å². The summed E-state index contributed by atoms with van der Waals surface area (Å²) in [5.41, 5.74) is 1.58. The molecular formula is C23H14ClFN2O3. The molecule has 5 rings (SSSR count). The van der Waals surface area contributed by atoms with E-state index in [9.17, 15) is 9.18 Å². The second-order valence-corrected chi connectivity index (χ2v) is 7.08. The third-order valence-electron chi connectivity index (χ3n) is 4.78. The van der Waals surface area contributed by atoms with Crippen molar-refractivity contribution in [2.75, 3.05) is 6.79 Å². The summed E-state index contributed by atoms with van der Waals surface area (Å²) in [5, 5.41) is 0.386. The first kappa shape index (κ1) is 18.4. The van der Waals surface area contributed by atoms with Crippen molar-refractivity contribution < 1.29 is 13.9 Å². The summed E-state index contributed by atoms with van der Waals surface area (Å²) in [7, 11) is 0. The lowest BCUT2D eigenvalue weighted by atomic mass is 10.1. The molecule has 0 atom stereocenters. The number of halogens is 2. The molecule has 148 valence electrons. The Labute approximate surface area is 175 Å². The first-order chi connectivity index (χ1) is 14.6. The van der Waals surface area contributed by atoms with Gasteiger partial charge in [0.05, 0.1) is 21.6 Å². The molecule has 0 bridgehead atoms. The Kier molecular flexibility index (Phi) is 4.48. The molecule has 0 saturated carbocycles. The van der Waals surface area contributed by atoms with Crippen LogP contribution >= 0.6 is 11.6 Å². The van der Waals surface area contributed by atoms with Gasteiger partial charge in [0.1, 0.15) is 11.6 Å². The van der Waals surface area contributed by atoms with Crippen molar-refractivity contribution in [3.8, 4) is 17.2 Å². The van der Waals surface area contributed by atoms with E-state index in [1.165, 1.54) is 22.8 Å². The Morgan fingerprint density at radius 1 is 1.00 bits per heavy atom. The fourth-order valence-electron chi connectivity index (χ4n) is 3.32. The van der Waals surface area contributed by atoms with E-state index < -0.39 is 5.82 Å². The maximum absolute atomic E-state index is 13.7. The van der Waals surface area contributed by atoms with Crippen molar-refractivity contribution in [3.63, 3.8) is 0 Å².